The molecule has 0 heterocycles. The second-order valence-electron chi connectivity index (χ2n) is 4.61. The molecule has 0 aliphatic rings. The van der Waals surface area contributed by atoms with Crippen LogP contribution in [0.5, 0.6) is 0 Å². The molecular weight excluding hydrogens is 194 g/mol. The van der Waals surface area contributed by atoms with Crippen LogP contribution in [-0.4, -0.2) is 7.05 Å². The molecule has 0 atom stereocenters. The SMILES string of the molecule is C=C(C)/C(C(=C)NC)=C(C)/C=C(\C)C(C)C. The van der Waals surface area contributed by atoms with E-state index in [9.17, 15) is 0 Å². The highest BCUT2D eigenvalue weighted by atomic mass is 14.8. The zero-order chi connectivity index (χ0) is 12.9. The lowest BCUT2D eigenvalue weighted by atomic mass is 9.96. The van der Waals surface area contributed by atoms with Gasteiger partial charge in [0, 0.05) is 18.3 Å². The quantitative estimate of drug-likeness (QED) is 0.683. The fourth-order valence-corrected chi connectivity index (χ4v) is 1.54. The summed E-state index contributed by atoms with van der Waals surface area (Å²) in [7, 11) is 1.89. The fraction of sp³-hybridized carbons (Fsp3) is 0.467. The Balaban J connectivity index is 5.38. The highest BCUT2D eigenvalue weighted by molar-refractivity contribution is 5.48. The lowest BCUT2D eigenvalue weighted by Gasteiger charge is -2.14. The maximum Gasteiger partial charge on any atom is 0.0343 e. The van der Waals surface area contributed by atoms with Gasteiger partial charge in [-0.15, -0.1) is 0 Å². The molecule has 1 heteroatoms. The molecule has 0 fully saturated rings. The Kier molecular flexibility index (Phi) is 5.87. The summed E-state index contributed by atoms with van der Waals surface area (Å²) in [5.41, 5.74) is 5.70. The Morgan fingerprint density at radius 1 is 1.12 bits per heavy atom. The number of allylic oxidation sites excluding steroid dienone is 4. The minimum absolute atomic E-state index is 0.573. The van der Waals surface area contributed by atoms with E-state index in [1.54, 1.807) is 0 Å². The molecule has 0 aliphatic heterocycles. The van der Waals surface area contributed by atoms with Gasteiger partial charge in [0.2, 0.25) is 0 Å². The van der Waals surface area contributed by atoms with Crippen molar-refractivity contribution in [3.63, 3.8) is 0 Å². The summed E-state index contributed by atoms with van der Waals surface area (Å²) >= 11 is 0. The van der Waals surface area contributed by atoms with E-state index < -0.39 is 0 Å². The van der Waals surface area contributed by atoms with Crippen molar-refractivity contribution in [2.24, 2.45) is 5.92 Å². The number of rotatable bonds is 5. The minimum Gasteiger partial charge on any atom is -0.388 e. The molecule has 0 saturated carbocycles. The second kappa shape index (κ2) is 6.37. The van der Waals surface area contributed by atoms with Gasteiger partial charge in [0.15, 0.2) is 0 Å². The summed E-state index contributed by atoms with van der Waals surface area (Å²) in [6.07, 6.45) is 2.22. The maximum absolute atomic E-state index is 4.01. The number of hydrogen-bond donors (Lipinski definition) is 1. The molecule has 1 nitrogen and oxygen atoms in total. The van der Waals surface area contributed by atoms with E-state index in [0.29, 0.717) is 5.92 Å². The third kappa shape index (κ3) is 4.09. The Morgan fingerprint density at radius 2 is 1.62 bits per heavy atom. The van der Waals surface area contributed by atoms with Crippen LogP contribution in [0.1, 0.15) is 34.6 Å². The fourth-order valence-electron chi connectivity index (χ4n) is 1.54. The van der Waals surface area contributed by atoms with Gasteiger partial charge >= 0.3 is 0 Å². The Hall–Kier alpha value is -1.24. The van der Waals surface area contributed by atoms with Gasteiger partial charge in [0.25, 0.3) is 0 Å². The van der Waals surface area contributed by atoms with Crippen molar-refractivity contribution in [1.82, 2.24) is 5.32 Å². The van der Waals surface area contributed by atoms with Crippen molar-refractivity contribution in [2.45, 2.75) is 34.6 Å². The van der Waals surface area contributed by atoms with Crippen molar-refractivity contribution < 1.29 is 0 Å². The largest absolute Gasteiger partial charge is 0.388 e. The van der Waals surface area contributed by atoms with Gasteiger partial charge in [-0.2, -0.15) is 0 Å². The third-order valence-corrected chi connectivity index (χ3v) is 2.78. The Morgan fingerprint density at radius 3 is 1.94 bits per heavy atom. The molecule has 0 bridgehead atoms. The predicted octanol–water partition coefficient (Wildman–Crippen LogP) is 4.21. The van der Waals surface area contributed by atoms with Crippen molar-refractivity contribution >= 4 is 0 Å². The predicted molar refractivity (Wildman–Crippen MR) is 74.3 cm³/mol. The summed E-state index contributed by atoms with van der Waals surface area (Å²) in [4.78, 5) is 0. The molecule has 90 valence electrons. The zero-order valence-corrected chi connectivity index (χ0v) is 11.6. The van der Waals surface area contributed by atoms with Crippen LogP contribution in [-0.2, 0) is 0 Å². The smallest absolute Gasteiger partial charge is 0.0343 e. The molecule has 0 aromatic rings. The van der Waals surface area contributed by atoms with Gasteiger partial charge in [-0.1, -0.05) is 38.7 Å². The van der Waals surface area contributed by atoms with E-state index in [1.807, 2.05) is 14.0 Å². The van der Waals surface area contributed by atoms with Gasteiger partial charge < -0.3 is 5.32 Å². The van der Waals surface area contributed by atoms with Crippen molar-refractivity contribution in [3.05, 3.63) is 47.2 Å². The van der Waals surface area contributed by atoms with Gasteiger partial charge in [0.05, 0.1) is 0 Å². The summed E-state index contributed by atoms with van der Waals surface area (Å²) < 4.78 is 0. The summed E-state index contributed by atoms with van der Waals surface area (Å²) in [6, 6.07) is 0. The van der Waals surface area contributed by atoms with Crippen LogP contribution in [0.3, 0.4) is 0 Å². The molecule has 0 rings (SSSR count). The topological polar surface area (TPSA) is 12.0 Å². The normalized spacial score (nSPS) is 13.6. The van der Waals surface area contributed by atoms with Gasteiger partial charge in [-0.25, -0.2) is 0 Å². The van der Waals surface area contributed by atoms with Gasteiger partial charge in [-0.05, 0) is 37.8 Å². The minimum atomic E-state index is 0.573. The average molecular weight is 219 g/mol. The first-order valence-corrected chi connectivity index (χ1v) is 5.73. The van der Waals surface area contributed by atoms with Crippen LogP contribution in [0.4, 0.5) is 0 Å². The Labute approximate surface area is 101 Å². The number of likely N-dealkylation sites (N-methyl/N-ethyl adjacent to an activating group) is 1. The number of hydrogen-bond acceptors (Lipinski definition) is 1. The average Bonchev–Trinajstić information content (AvgIpc) is 2.16. The highest BCUT2D eigenvalue weighted by Gasteiger charge is 2.06. The van der Waals surface area contributed by atoms with E-state index in [-0.39, 0.29) is 0 Å². The first kappa shape index (κ1) is 14.8. The molecule has 0 amide bonds. The lowest BCUT2D eigenvalue weighted by molar-refractivity contribution is 0.768. The van der Waals surface area contributed by atoms with Crippen LogP contribution in [0.25, 0.3) is 0 Å². The van der Waals surface area contributed by atoms with E-state index in [0.717, 1.165) is 16.8 Å². The van der Waals surface area contributed by atoms with Crippen molar-refractivity contribution in [2.75, 3.05) is 7.05 Å². The first-order valence-electron chi connectivity index (χ1n) is 5.73. The van der Waals surface area contributed by atoms with Crippen LogP contribution >= 0.6 is 0 Å². The summed E-state index contributed by atoms with van der Waals surface area (Å²) in [5.74, 6) is 0.573. The molecule has 0 saturated heterocycles. The summed E-state index contributed by atoms with van der Waals surface area (Å²) in [6.45, 7) is 18.7. The highest BCUT2D eigenvalue weighted by Crippen LogP contribution is 2.22. The second-order valence-corrected chi connectivity index (χ2v) is 4.61. The van der Waals surface area contributed by atoms with E-state index >= 15 is 0 Å². The van der Waals surface area contributed by atoms with Gasteiger partial charge in [-0.3, -0.25) is 0 Å². The van der Waals surface area contributed by atoms with Crippen LogP contribution in [0.2, 0.25) is 0 Å². The van der Waals surface area contributed by atoms with Crippen LogP contribution in [0.15, 0.2) is 47.2 Å². The lowest BCUT2D eigenvalue weighted by Crippen LogP contribution is -2.09. The monoisotopic (exact) mass is 219 g/mol. The summed E-state index contributed by atoms with van der Waals surface area (Å²) in [5, 5.41) is 3.09. The molecule has 0 aromatic carbocycles. The Bertz CT molecular complexity index is 340. The standard InChI is InChI=1S/C15H25N/c1-10(2)12(5)9-13(6)15(11(3)4)14(7)16-8/h9-10,16H,3,7H2,1-2,4-6,8H3/b12-9+,15-13-. The molecule has 0 spiro atoms. The van der Waals surface area contributed by atoms with Crippen LogP contribution in [0, 0.1) is 5.92 Å². The van der Waals surface area contributed by atoms with E-state index in [1.165, 1.54) is 11.1 Å². The van der Waals surface area contributed by atoms with Gasteiger partial charge in [0.1, 0.15) is 0 Å². The van der Waals surface area contributed by atoms with Crippen molar-refractivity contribution in [1.29, 1.82) is 0 Å². The van der Waals surface area contributed by atoms with Crippen molar-refractivity contribution in [3.8, 4) is 0 Å². The van der Waals surface area contributed by atoms with E-state index in [4.69, 9.17) is 0 Å². The first-order chi connectivity index (χ1) is 7.31. The molecule has 0 unspecified atom stereocenters. The zero-order valence-electron chi connectivity index (χ0n) is 11.6. The number of nitrogens with one attached hydrogen (secondary N) is 1. The maximum atomic E-state index is 4.01. The third-order valence-electron chi connectivity index (χ3n) is 2.78. The molecule has 0 aromatic heterocycles. The molecule has 1 N–H and O–H groups in total. The molecular formula is C15H25N. The molecule has 16 heavy (non-hydrogen) atoms. The van der Waals surface area contributed by atoms with E-state index in [2.05, 4.69) is 52.2 Å². The van der Waals surface area contributed by atoms with Crippen LogP contribution < -0.4 is 5.32 Å². The molecule has 0 aliphatic carbocycles. The molecule has 0 radical (unpaired) electrons.